The first kappa shape index (κ1) is 25.3. The molecule has 0 saturated carbocycles. The minimum Gasteiger partial charge on any atom is -0.466 e. The fraction of sp³-hybridized carbons (Fsp3) is 0.792. The standard InChI is InChI=1S/C24H41BrO3/c1-5-6-7-8-9-10-11-12-13-14-16-22(28-23(26)17-15-18-25)24-19(2)20(3)27-21(24)4/h22H,5-18H2,1-4H3. The van der Waals surface area contributed by atoms with Gasteiger partial charge in [0.1, 0.15) is 17.6 Å². The number of ether oxygens (including phenoxy) is 1. The van der Waals surface area contributed by atoms with Crippen LogP contribution in [0, 0.1) is 20.8 Å². The number of hydrogen-bond acceptors (Lipinski definition) is 3. The Labute approximate surface area is 181 Å². The van der Waals surface area contributed by atoms with Crippen molar-refractivity contribution in [2.75, 3.05) is 5.33 Å². The molecule has 0 saturated heterocycles. The first-order valence-corrected chi connectivity index (χ1v) is 12.4. The third kappa shape index (κ3) is 9.62. The van der Waals surface area contributed by atoms with Crippen molar-refractivity contribution >= 4 is 21.9 Å². The molecule has 0 aliphatic carbocycles. The molecule has 1 atom stereocenters. The van der Waals surface area contributed by atoms with Crippen molar-refractivity contribution in [2.24, 2.45) is 0 Å². The van der Waals surface area contributed by atoms with E-state index in [-0.39, 0.29) is 12.1 Å². The van der Waals surface area contributed by atoms with Gasteiger partial charge in [-0.05, 0) is 45.6 Å². The van der Waals surface area contributed by atoms with Crippen LogP contribution >= 0.6 is 15.9 Å². The highest BCUT2D eigenvalue weighted by molar-refractivity contribution is 9.09. The highest BCUT2D eigenvalue weighted by Crippen LogP contribution is 2.33. The van der Waals surface area contributed by atoms with Crippen LogP contribution in [0.25, 0.3) is 0 Å². The molecule has 0 aromatic carbocycles. The number of carbonyl (C=O) groups is 1. The molecule has 1 heterocycles. The van der Waals surface area contributed by atoms with Crippen molar-refractivity contribution in [3.05, 3.63) is 22.6 Å². The number of hydrogen-bond donors (Lipinski definition) is 0. The van der Waals surface area contributed by atoms with Gasteiger partial charge in [0.25, 0.3) is 0 Å². The summed E-state index contributed by atoms with van der Waals surface area (Å²) in [5, 5.41) is 0.827. The van der Waals surface area contributed by atoms with Crippen molar-refractivity contribution in [3.8, 4) is 0 Å². The van der Waals surface area contributed by atoms with Gasteiger partial charge in [-0.2, -0.15) is 0 Å². The van der Waals surface area contributed by atoms with E-state index in [1.807, 2.05) is 13.8 Å². The van der Waals surface area contributed by atoms with Crippen LogP contribution in [-0.4, -0.2) is 11.3 Å². The van der Waals surface area contributed by atoms with E-state index in [2.05, 4.69) is 29.8 Å². The molecule has 0 aliphatic heterocycles. The van der Waals surface area contributed by atoms with Crippen LogP contribution in [0.5, 0.6) is 0 Å². The van der Waals surface area contributed by atoms with Crippen molar-refractivity contribution in [1.82, 2.24) is 0 Å². The number of furan rings is 1. The Bertz CT molecular complexity index is 550. The van der Waals surface area contributed by atoms with Gasteiger partial charge in [-0.25, -0.2) is 0 Å². The molecule has 0 fully saturated rings. The van der Waals surface area contributed by atoms with E-state index >= 15 is 0 Å². The largest absolute Gasteiger partial charge is 0.466 e. The van der Waals surface area contributed by atoms with Gasteiger partial charge in [-0.1, -0.05) is 80.6 Å². The van der Waals surface area contributed by atoms with E-state index in [1.54, 1.807) is 0 Å². The predicted octanol–water partition coefficient (Wildman–Crippen LogP) is 8.28. The Morgan fingerprint density at radius 2 is 1.46 bits per heavy atom. The number of esters is 1. The maximum Gasteiger partial charge on any atom is 0.306 e. The zero-order valence-electron chi connectivity index (χ0n) is 18.6. The summed E-state index contributed by atoms with van der Waals surface area (Å²) in [6, 6.07) is 0. The van der Waals surface area contributed by atoms with Crippen LogP contribution in [0.3, 0.4) is 0 Å². The molecule has 1 aromatic heterocycles. The second kappa shape index (κ2) is 15.1. The summed E-state index contributed by atoms with van der Waals surface area (Å²) in [6.45, 7) is 8.29. The summed E-state index contributed by atoms with van der Waals surface area (Å²) < 4.78 is 11.7. The van der Waals surface area contributed by atoms with Gasteiger partial charge in [0.2, 0.25) is 0 Å². The Balaban J connectivity index is 2.43. The predicted molar refractivity (Wildman–Crippen MR) is 121 cm³/mol. The summed E-state index contributed by atoms with van der Waals surface area (Å²) in [5.74, 6) is 1.71. The molecule has 0 radical (unpaired) electrons. The van der Waals surface area contributed by atoms with Gasteiger partial charge in [0.05, 0.1) is 0 Å². The second-order valence-corrected chi connectivity index (χ2v) is 8.79. The molecule has 0 bridgehead atoms. The van der Waals surface area contributed by atoms with Gasteiger partial charge in [0.15, 0.2) is 0 Å². The highest BCUT2D eigenvalue weighted by Gasteiger charge is 2.24. The van der Waals surface area contributed by atoms with E-state index in [9.17, 15) is 4.79 Å². The van der Waals surface area contributed by atoms with Crippen molar-refractivity contribution in [2.45, 2.75) is 117 Å². The lowest BCUT2D eigenvalue weighted by Gasteiger charge is -2.19. The normalized spacial score (nSPS) is 12.3. The molecule has 1 aromatic rings. The average molecular weight is 457 g/mol. The molecule has 1 unspecified atom stereocenters. The molecule has 0 spiro atoms. The van der Waals surface area contributed by atoms with Gasteiger partial charge >= 0.3 is 5.97 Å². The summed E-state index contributed by atoms with van der Waals surface area (Å²) in [5.41, 5.74) is 2.21. The number of halogens is 1. The fourth-order valence-corrected chi connectivity index (χ4v) is 4.07. The lowest BCUT2D eigenvalue weighted by atomic mass is 9.98. The van der Waals surface area contributed by atoms with Crippen LogP contribution in [0.1, 0.15) is 119 Å². The molecule has 28 heavy (non-hydrogen) atoms. The zero-order chi connectivity index (χ0) is 20.8. The van der Waals surface area contributed by atoms with Crippen LogP contribution < -0.4 is 0 Å². The Morgan fingerprint density at radius 3 is 1.96 bits per heavy atom. The number of unbranched alkanes of at least 4 members (excludes halogenated alkanes) is 9. The quantitative estimate of drug-likeness (QED) is 0.142. The molecule has 0 aliphatic rings. The lowest BCUT2D eigenvalue weighted by molar-refractivity contribution is -0.150. The molecule has 162 valence electrons. The van der Waals surface area contributed by atoms with Gasteiger partial charge in [-0.3, -0.25) is 4.79 Å². The van der Waals surface area contributed by atoms with E-state index < -0.39 is 0 Å². The second-order valence-electron chi connectivity index (χ2n) is 7.99. The van der Waals surface area contributed by atoms with Crippen LogP contribution in [0.15, 0.2) is 4.42 Å². The lowest BCUT2D eigenvalue weighted by Crippen LogP contribution is -2.13. The molecule has 0 amide bonds. The van der Waals surface area contributed by atoms with E-state index in [0.717, 1.165) is 47.2 Å². The summed E-state index contributed by atoms with van der Waals surface area (Å²) in [7, 11) is 0. The molecular weight excluding hydrogens is 416 g/mol. The number of aryl methyl sites for hydroxylation is 2. The van der Waals surface area contributed by atoms with Crippen molar-refractivity contribution in [3.63, 3.8) is 0 Å². The topological polar surface area (TPSA) is 39.4 Å². The van der Waals surface area contributed by atoms with Crippen molar-refractivity contribution < 1.29 is 13.9 Å². The average Bonchev–Trinajstić information content (AvgIpc) is 2.92. The number of rotatable bonds is 16. The third-order valence-electron chi connectivity index (χ3n) is 5.55. The number of carbonyl (C=O) groups excluding carboxylic acids is 1. The monoisotopic (exact) mass is 456 g/mol. The highest BCUT2D eigenvalue weighted by atomic mass is 79.9. The smallest absolute Gasteiger partial charge is 0.306 e. The van der Waals surface area contributed by atoms with Gasteiger partial charge < -0.3 is 9.15 Å². The van der Waals surface area contributed by atoms with Crippen LogP contribution in [-0.2, 0) is 9.53 Å². The summed E-state index contributed by atoms with van der Waals surface area (Å²) in [6.07, 6.45) is 15.1. The Kier molecular flexibility index (Phi) is 13.6. The minimum atomic E-state index is -0.172. The van der Waals surface area contributed by atoms with Crippen molar-refractivity contribution in [1.29, 1.82) is 0 Å². The molecule has 4 heteroatoms. The molecule has 0 N–H and O–H groups in total. The van der Waals surface area contributed by atoms with E-state index in [0.29, 0.717) is 6.42 Å². The first-order chi connectivity index (χ1) is 13.5. The SMILES string of the molecule is CCCCCCCCCCCCC(OC(=O)CCCBr)c1c(C)oc(C)c1C. The van der Waals surface area contributed by atoms with Gasteiger partial charge in [0, 0.05) is 17.3 Å². The maximum atomic E-state index is 12.2. The zero-order valence-corrected chi connectivity index (χ0v) is 20.2. The molecule has 1 rings (SSSR count). The molecule has 3 nitrogen and oxygen atoms in total. The Morgan fingerprint density at radius 1 is 0.893 bits per heavy atom. The third-order valence-corrected chi connectivity index (χ3v) is 6.11. The first-order valence-electron chi connectivity index (χ1n) is 11.3. The Hall–Kier alpha value is -0.770. The summed E-state index contributed by atoms with van der Waals surface area (Å²) >= 11 is 3.38. The molecular formula is C24H41BrO3. The van der Waals surface area contributed by atoms with E-state index in [1.165, 1.54) is 57.8 Å². The fourth-order valence-electron chi connectivity index (χ4n) is 3.79. The number of alkyl halides is 1. The van der Waals surface area contributed by atoms with Crippen LogP contribution in [0.4, 0.5) is 0 Å². The van der Waals surface area contributed by atoms with Gasteiger partial charge in [-0.15, -0.1) is 0 Å². The minimum absolute atomic E-state index is 0.103. The maximum absolute atomic E-state index is 12.2. The van der Waals surface area contributed by atoms with E-state index in [4.69, 9.17) is 9.15 Å². The van der Waals surface area contributed by atoms with Crippen LogP contribution in [0.2, 0.25) is 0 Å². The summed E-state index contributed by atoms with van der Waals surface area (Å²) in [4.78, 5) is 12.2.